The molecule has 2 nitrogen and oxygen atoms in total. The Morgan fingerprint density at radius 3 is 2.72 bits per heavy atom. The number of hydrogen-bond acceptors (Lipinski definition) is 2. The predicted molar refractivity (Wildman–Crippen MR) is 78.9 cm³/mol. The third-order valence-electron chi connectivity index (χ3n) is 4.65. The van der Waals surface area contributed by atoms with Gasteiger partial charge in [0.1, 0.15) is 0 Å². The van der Waals surface area contributed by atoms with Crippen molar-refractivity contribution in [3.63, 3.8) is 0 Å². The first-order valence-electron chi connectivity index (χ1n) is 7.91. The van der Waals surface area contributed by atoms with Crippen LogP contribution in [0.2, 0.25) is 0 Å². The first-order chi connectivity index (χ1) is 8.58. The molecule has 1 rings (SSSR count). The van der Waals surface area contributed by atoms with E-state index in [-0.39, 0.29) is 0 Å². The molecule has 108 valence electrons. The van der Waals surface area contributed by atoms with E-state index in [4.69, 9.17) is 4.74 Å². The molecule has 0 aromatic heterocycles. The lowest BCUT2D eigenvalue weighted by Gasteiger charge is -2.34. The van der Waals surface area contributed by atoms with E-state index in [1.54, 1.807) is 0 Å². The van der Waals surface area contributed by atoms with Crippen molar-refractivity contribution in [3.8, 4) is 0 Å². The van der Waals surface area contributed by atoms with Crippen LogP contribution in [-0.2, 0) is 4.74 Å². The number of nitrogens with one attached hydrogen (secondary N) is 1. The van der Waals surface area contributed by atoms with Crippen molar-refractivity contribution in [2.75, 3.05) is 19.7 Å². The van der Waals surface area contributed by atoms with Gasteiger partial charge in [0, 0.05) is 13.2 Å². The van der Waals surface area contributed by atoms with Crippen LogP contribution in [0.4, 0.5) is 0 Å². The summed E-state index contributed by atoms with van der Waals surface area (Å²) in [5, 5.41) is 3.60. The zero-order valence-corrected chi connectivity index (χ0v) is 12.9. The van der Waals surface area contributed by atoms with Gasteiger partial charge in [-0.05, 0) is 50.0 Å². The number of ether oxygens (including phenoxy) is 1. The molecule has 0 radical (unpaired) electrons. The first-order valence-corrected chi connectivity index (χ1v) is 7.91. The lowest BCUT2D eigenvalue weighted by Crippen LogP contribution is -2.36. The van der Waals surface area contributed by atoms with Crippen LogP contribution in [0, 0.1) is 11.3 Å². The number of rotatable bonds is 9. The fraction of sp³-hybridized carbons (Fsp3) is 1.00. The minimum absolute atomic E-state index is 0.438. The fourth-order valence-electron chi connectivity index (χ4n) is 2.74. The summed E-state index contributed by atoms with van der Waals surface area (Å²) in [5.41, 5.74) is 0.438. The van der Waals surface area contributed by atoms with Crippen molar-refractivity contribution < 1.29 is 4.74 Å². The average molecular weight is 255 g/mol. The monoisotopic (exact) mass is 255 g/mol. The minimum Gasteiger partial charge on any atom is -0.378 e. The molecule has 2 atom stereocenters. The van der Waals surface area contributed by atoms with Gasteiger partial charge in [-0.3, -0.25) is 0 Å². The molecular formula is C16H33NO. The van der Waals surface area contributed by atoms with Gasteiger partial charge in [0.15, 0.2) is 0 Å². The zero-order chi connectivity index (χ0) is 13.4. The largest absolute Gasteiger partial charge is 0.378 e. The van der Waals surface area contributed by atoms with Crippen LogP contribution in [0.5, 0.6) is 0 Å². The molecular weight excluding hydrogens is 222 g/mol. The maximum absolute atomic E-state index is 5.71. The maximum Gasteiger partial charge on any atom is 0.0576 e. The molecule has 2 heteroatoms. The van der Waals surface area contributed by atoms with Gasteiger partial charge in [0.2, 0.25) is 0 Å². The summed E-state index contributed by atoms with van der Waals surface area (Å²) in [7, 11) is 0. The summed E-state index contributed by atoms with van der Waals surface area (Å²) in [5.74, 6) is 0.742. The summed E-state index contributed by atoms with van der Waals surface area (Å²) >= 11 is 0. The van der Waals surface area contributed by atoms with Crippen molar-refractivity contribution in [1.82, 2.24) is 5.32 Å². The Balaban J connectivity index is 2.26. The maximum atomic E-state index is 5.71. The Morgan fingerprint density at radius 2 is 2.17 bits per heavy atom. The molecule has 0 bridgehead atoms. The second-order valence-corrected chi connectivity index (χ2v) is 6.51. The highest BCUT2D eigenvalue weighted by atomic mass is 16.5. The quantitative estimate of drug-likeness (QED) is 0.629. The van der Waals surface area contributed by atoms with Gasteiger partial charge >= 0.3 is 0 Å². The van der Waals surface area contributed by atoms with Crippen LogP contribution < -0.4 is 5.32 Å². The van der Waals surface area contributed by atoms with E-state index in [2.05, 4.69) is 33.0 Å². The van der Waals surface area contributed by atoms with Crippen LogP contribution in [0.3, 0.4) is 0 Å². The topological polar surface area (TPSA) is 21.3 Å². The summed E-state index contributed by atoms with van der Waals surface area (Å²) in [6, 6.07) is 0. The molecule has 0 saturated carbocycles. The summed E-state index contributed by atoms with van der Waals surface area (Å²) in [4.78, 5) is 0. The van der Waals surface area contributed by atoms with E-state index in [1.807, 2.05) is 0 Å². The molecule has 1 saturated heterocycles. The second kappa shape index (κ2) is 8.16. The van der Waals surface area contributed by atoms with E-state index < -0.39 is 0 Å². The van der Waals surface area contributed by atoms with E-state index in [1.165, 1.54) is 38.5 Å². The highest BCUT2D eigenvalue weighted by Crippen LogP contribution is 2.33. The van der Waals surface area contributed by atoms with Crippen molar-refractivity contribution in [2.45, 2.75) is 72.3 Å². The van der Waals surface area contributed by atoms with Gasteiger partial charge in [-0.15, -0.1) is 0 Å². The van der Waals surface area contributed by atoms with E-state index in [0.717, 1.165) is 25.6 Å². The molecule has 0 spiro atoms. The Kier molecular flexibility index (Phi) is 7.25. The van der Waals surface area contributed by atoms with Crippen molar-refractivity contribution in [2.24, 2.45) is 11.3 Å². The fourth-order valence-corrected chi connectivity index (χ4v) is 2.74. The van der Waals surface area contributed by atoms with Crippen LogP contribution in [-0.4, -0.2) is 25.8 Å². The smallest absolute Gasteiger partial charge is 0.0576 e. The normalized spacial score (nSPS) is 23.5. The van der Waals surface area contributed by atoms with E-state index >= 15 is 0 Å². The molecule has 1 N–H and O–H groups in total. The predicted octanol–water partition coefficient (Wildman–Crippen LogP) is 4.00. The number of hydrogen-bond donors (Lipinski definition) is 1. The molecule has 0 aliphatic carbocycles. The molecule has 0 amide bonds. The third kappa shape index (κ3) is 5.27. The van der Waals surface area contributed by atoms with E-state index in [0.29, 0.717) is 11.5 Å². The highest BCUT2D eigenvalue weighted by Gasteiger charge is 2.28. The molecule has 1 aliphatic heterocycles. The summed E-state index contributed by atoms with van der Waals surface area (Å²) < 4.78 is 5.71. The standard InChI is InChI=1S/C16H33NO/c1-5-11-17-13-16(4,14(2)3)10-6-8-15-9-7-12-18-15/h14-15,17H,5-13H2,1-4H3. The highest BCUT2D eigenvalue weighted by molar-refractivity contribution is 4.81. The Hall–Kier alpha value is -0.0800. The van der Waals surface area contributed by atoms with Crippen molar-refractivity contribution in [1.29, 1.82) is 0 Å². The average Bonchev–Trinajstić information content (AvgIpc) is 2.82. The van der Waals surface area contributed by atoms with Gasteiger partial charge in [-0.2, -0.15) is 0 Å². The SMILES string of the molecule is CCCNCC(C)(CCCC1CCCO1)C(C)C. The van der Waals surface area contributed by atoms with Gasteiger partial charge in [-0.1, -0.05) is 34.1 Å². The zero-order valence-electron chi connectivity index (χ0n) is 12.9. The summed E-state index contributed by atoms with van der Waals surface area (Å²) in [6.45, 7) is 12.7. The van der Waals surface area contributed by atoms with Gasteiger partial charge in [-0.25, -0.2) is 0 Å². The lowest BCUT2D eigenvalue weighted by atomic mass is 9.75. The molecule has 1 fully saturated rings. The van der Waals surface area contributed by atoms with Crippen molar-refractivity contribution in [3.05, 3.63) is 0 Å². The molecule has 2 unspecified atom stereocenters. The summed E-state index contributed by atoms with van der Waals surface area (Å²) in [6.07, 6.45) is 8.23. The lowest BCUT2D eigenvalue weighted by molar-refractivity contribution is 0.0940. The molecule has 0 aromatic rings. The van der Waals surface area contributed by atoms with Crippen LogP contribution in [0.1, 0.15) is 66.2 Å². The molecule has 1 heterocycles. The van der Waals surface area contributed by atoms with Gasteiger partial charge < -0.3 is 10.1 Å². The Labute approximate surface area is 114 Å². The van der Waals surface area contributed by atoms with Crippen LogP contribution in [0.15, 0.2) is 0 Å². The van der Waals surface area contributed by atoms with Gasteiger partial charge in [0.25, 0.3) is 0 Å². The molecule has 0 aromatic carbocycles. The molecule has 18 heavy (non-hydrogen) atoms. The van der Waals surface area contributed by atoms with E-state index in [9.17, 15) is 0 Å². The van der Waals surface area contributed by atoms with Crippen LogP contribution >= 0.6 is 0 Å². The Morgan fingerprint density at radius 1 is 1.39 bits per heavy atom. The van der Waals surface area contributed by atoms with Gasteiger partial charge in [0.05, 0.1) is 6.10 Å². The van der Waals surface area contributed by atoms with Crippen LogP contribution in [0.25, 0.3) is 0 Å². The second-order valence-electron chi connectivity index (χ2n) is 6.51. The first kappa shape index (κ1) is 16.0. The minimum atomic E-state index is 0.438. The Bertz CT molecular complexity index is 211. The van der Waals surface area contributed by atoms with Crippen molar-refractivity contribution >= 4 is 0 Å². The third-order valence-corrected chi connectivity index (χ3v) is 4.65. The molecule has 1 aliphatic rings.